The van der Waals surface area contributed by atoms with E-state index >= 15 is 0 Å². The summed E-state index contributed by atoms with van der Waals surface area (Å²) in [7, 11) is 0. The molecule has 1 atom stereocenters. The fourth-order valence-electron chi connectivity index (χ4n) is 2.60. The van der Waals surface area contributed by atoms with Gasteiger partial charge in [-0.1, -0.05) is 37.6 Å². The molecule has 2 N–H and O–H groups in total. The van der Waals surface area contributed by atoms with E-state index in [2.05, 4.69) is 13.0 Å². The molecule has 0 aromatic rings. The third-order valence-electron chi connectivity index (χ3n) is 3.81. The second kappa shape index (κ2) is 14.3. The highest BCUT2D eigenvalue weighted by Crippen LogP contribution is 2.17. The summed E-state index contributed by atoms with van der Waals surface area (Å²) < 4.78 is 5.48. The number of carboxylic acid groups (broad SMARTS) is 1. The van der Waals surface area contributed by atoms with Gasteiger partial charge in [0.2, 0.25) is 0 Å². The number of carbonyl (C=O) groups excluding carboxylic acids is 1. The predicted octanol–water partition coefficient (Wildman–Crippen LogP) is 4.53. The Labute approximate surface area is 163 Å². The highest BCUT2D eigenvalue weighted by molar-refractivity contribution is 5.68. The van der Waals surface area contributed by atoms with E-state index in [1.165, 1.54) is 0 Å². The zero-order valence-corrected chi connectivity index (χ0v) is 17.3. The van der Waals surface area contributed by atoms with Crippen molar-refractivity contribution >= 4 is 12.1 Å². The maximum absolute atomic E-state index is 12.5. The van der Waals surface area contributed by atoms with Crippen LogP contribution in [0.5, 0.6) is 0 Å². The zero-order chi connectivity index (χ0) is 20.7. The number of aliphatic hydroxyl groups is 1. The van der Waals surface area contributed by atoms with Gasteiger partial charge < -0.3 is 19.8 Å². The number of amides is 1. The lowest BCUT2D eigenvalue weighted by atomic mass is 10.1. The fraction of sp³-hybridized carbons (Fsp3) is 0.714. The highest BCUT2D eigenvalue weighted by atomic mass is 16.6. The van der Waals surface area contributed by atoms with Crippen molar-refractivity contribution in [1.82, 2.24) is 4.90 Å². The third kappa shape index (κ3) is 14.0. The number of aliphatic hydroxyl groups excluding tert-OH is 1. The van der Waals surface area contributed by atoms with Crippen LogP contribution in [0.3, 0.4) is 0 Å². The maximum atomic E-state index is 12.5. The molecule has 0 heterocycles. The molecule has 0 fully saturated rings. The molecule has 6 heteroatoms. The van der Waals surface area contributed by atoms with E-state index in [-0.39, 0.29) is 31.7 Å². The van der Waals surface area contributed by atoms with Gasteiger partial charge in [0.15, 0.2) is 0 Å². The van der Waals surface area contributed by atoms with Crippen LogP contribution in [0.15, 0.2) is 24.3 Å². The molecule has 0 aliphatic rings. The number of hydrogen-bond acceptors (Lipinski definition) is 4. The number of aliphatic carboxylic acids is 1. The Bertz CT molecular complexity index is 479. The maximum Gasteiger partial charge on any atom is 0.410 e. The molecule has 0 aromatic carbocycles. The normalized spacial score (nSPS) is 13.2. The number of rotatable bonds is 13. The van der Waals surface area contributed by atoms with Crippen LogP contribution < -0.4 is 0 Å². The first-order valence-corrected chi connectivity index (χ1v) is 9.83. The van der Waals surface area contributed by atoms with Gasteiger partial charge in [-0.3, -0.25) is 4.79 Å². The van der Waals surface area contributed by atoms with Crippen molar-refractivity contribution in [3.05, 3.63) is 24.3 Å². The molecule has 1 amide bonds. The van der Waals surface area contributed by atoms with Crippen molar-refractivity contribution in [2.75, 3.05) is 13.2 Å². The van der Waals surface area contributed by atoms with Crippen LogP contribution in [0.4, 0.5) is 4.79 Å². The number of allylic oxidation sites excluding steroid dienone is 3. The van der Waals surface area contributed by atoms with Gasteiger partial charge in [-0.05, 0) is 52.9 Å². The largest absolute Gasteiger partial charge is 0.481 e. The minimum absolute atomic E-state index is 0.00667. The summed E-state index contributed by atoms with van der Waals surface area (Å²) in [5.41, 5.74) is -0.567. The van der Waals surface area contributed by atoms with Crippen LogP contribution in [0.2, 0.25) is 0 Å². The van der Waals surface area contributed by atoms with Gasteiger partial charge >= 0.3 is 12.1 Å². The van der Waals surface area contributed by atoms with Crippen molar-refractivity contribution in [3.8, 4) is 0 Å². The molecule has 6 nitrogen and oxygen atoms in total. The minimum atomic E-state index is -0.761. The third-order valence-corrected chi connectivity index (χ3v) is 3.81. The van der Waals surface area contributed by atoms with Gasteiger partial charge in [0.05, 0.1) is 6.61 Å². The first-order chi connectivity index (χ1) is 12.7. The molecule has 0 aliphatic heterocycles. The molecule has 0 spiro atoms. The van der Waals surface area contributed by atoms with Crippen LogP contribution in [-0.4, -0.2) is 52.0 Å². The summed E-state index contributed by atoms with van der Waals surface area (Å²) in [4.78, 5) is 24.5. The zero-order valence-electron chi connectivity index (χ0n) is 17.3. The monoisotopic (exact) mass is 383 g/mol. The average molecular weight is 384 g/mol. The van der Waals surface area contributed by atoms with Crippen LogP contribution in [0.25, 0.3) is 0 Å². The lowest BCUT2D eigenvalue weighted by molar-refractivity contribution is -0.137. The Kier molecular flexibility index (Phi) is 13.3. The van der Waals surface area contributed by atoms with Crippen molar-refractivity contribution in [3.63, 3.8) is 0 Å². The van der Waals surface area contributed by atoms with Gasteiger partial charge in [0.25, 0.3) is 0 Å². The SMILES string of the molecule is CCCC(C/C=C\C/C=C\CCCC(=O)O)N(CCO)C(=O)OC(C)(C)C. The van der Waals surface area contributed by atoms with E-state index in [1.807, 2.05) is 39.0 Å². The number of hydrogen-bond donors (Lipinski definition) is 2. The molecule has 27 heavy (non-hydrogen) atoms. The van der Waals surface area contributed by atoms with E-state index in [9.17, 15) is 14.7 Å². The Hall–Kier alpha value is -1.82. The van der Waals surface area contributed by atoms with Crippen molar-refractivity contribution in [1.29, 1.82) is 0 Å². The quantitative estimate of drug-likeness (QED) is 0.360. The molecule has 0 saturated heterocycles. The molecule has 0 rings (SSSR count). The van der Waals surface area contributed by atoms with E-state index in [1.54, 1.807) is 4.90 Å². The number of ether oxygens (including phenoxy) is 1. The van der Waals surface area contributed by atoms with Crippen LogP contribution in [0.1, 0.15) is 72.6 Å². The standard InChI is InChI=1S/C21H37NO5/c1-5-13-18(22(16-17-23)20(26)27-21(2,3)4)14-11-9-7-6-8-10-12-15-19(24)25/h6,8-9,11,18,23H,5,7,10,12-17H2,1-4H3,(H,24,25)/b8-6-,11-9-. The van der Waals surface area contributed by atoms with Gasteiger partial charge in [-0.2, -0.15) is 0 Å². The Morgan fingerprint density at radius 2 is 1.81 bits per heavy atom. The van der Waals surface area contributed by atoms with E-state index in [0.29, 0.717) is 12.8 Å². The van der Waals surface area contributed by atoms with Crippen LogP contribution in [0, 0.1) is 0 Å². The molecule has 0 saturated carbocycles. The second-order valence-corrected chi connectivity index (χ2v) is 7.54. The minimum Gasteiger partial charge on any atom is -0.481 e. The van der Waals surface area contributed by atoms with Gasteiger partial charge in [0.1, 0.15) is 5.60 Å². The summed E-state index contributed by atoms with van der Waals surface area (Å²) in [5.74, 6) is -0.761. The summed E-state index contributed by atoms with van der Waals surface area (Å²) in [6, 6.07) is -0.00667. The Morgan fingerprint density at radius 1 is 1.15 bits per heavy atom. The van der Waals surface area contributed by atoms with E-state index < -0.39 is 11.6 Å². The molecule has 0 radical (unpaired) electrons. The molecular formula is C21H37NO5. The number of carbonyl (C=O) groups is 2. The van der Waals surface area contributed by atoms with Gasteiger partial charge in [-0.15, -0.1) is 0 Å². The molecular weight excluding hydrogens is 346 g/mol. The smallest absolute Gasteiger partial charge is 0.410 e. The molecule has 1 unspecified atom stereocenters. The van der Waals surface area contributed by atoms with Crippen molar-refractivity contribution in [2.24, 2.45) is 0 Å². The summed E-state index contributed by atoms with van der Waals surface area (Å²) in [6.45, 7) is 7.74. The summed E-state index contributed by atoms with van der Waals surface area (Å²) >= 11 is 0. The van der Waals surface area contributed by atoms with E-state index in [4.69, 9.17) is 9.84 Å². The van der Waals surface area contributed by atoms with Crippen molar-refractivity contribution < 1.29 is 24.5 Å². The molecule has 0 bridgehead atoms. The highest BCUT2D eigenvalue weighted by Gasteiger charge is 2.26. The van der Waals surface area contributed by atoms with Crippen LogP contribution in [-0.2, 0) is 9.53 Å². The topological polar surface area (TPSA) is 87.1 Å². The second-order valence-electron chi connectivity index (χ2n) is 7.54. The first-order valence-electron chi connectivity index (χ1n) is 9.83. The Balaban J connectivity index is 4.58. The average Bonchev–Trinajstić information content (AvgIpc) is 2.55. The first kappa shape index (κ1) is 25.2. The molecule has 0 aliphatic carbocycles. The van der Waals surface area contributed by atoms with Gasteiger partial charge in [0, 0.05) is 19.0 Å². The number of carboxylic acids is 1. The lowest BCUT2D eigenvalue weighted by Gasteiger charge is -2.32. The number of unbranched alkanes of at least 4 members (excludes halogenated alkanes) is 1. The molecule has 156 valence electrons. The molecule has 0 aromatic heterocycles. The van der Waals surface area contributed by atoms with Crippen LogP contribution >= 0.6 is 0 Å². The van der Waals surface area contributed by atoms with Gasteiger partial charge in [-0.25, -0.2) is 4.79 Å². The van der Waals surface area contributed by atoms with Crippen molar-refractivity contribution in [2.45, 2.75) is 84.3 Å². The summed E-state index contributed by atoms with van der Waals surface area (Å²) in [5, 5.41) is 17.9. The van der Waals surface area contributed by atoms with E-state index in [0.717, 1.165) is 25.7 Å². The Morgan fingerprint density at radius 3 is 2.37 bits per heavy atom. The predicted molar refractivity (Wildman–Crippen MR) is 108 cm³/mol. The summed E-state index contributed by atoms with van der Waals surface area (Å²) in [6.07, 6.45) is 12.6. The number of nitrogens with zero attached hydrogens (tertiary/aromatic N) is 1. The lowest BCUT2D eigenvalue weighted by Crippen LogP contribution is -2.44. The fourth-order valence-corrected chi connectivity index (χ4v) is 2.60.